The maximum absolute atomic E-state index is 6.95. The highest BCUT2D eigenvalue weighted by Gasteiger charge is 2.30. The molecule has 5 aromatic rings. The maximum Gasteiger partial charge on any atom is 0.143 e. The summed E-state index contributed by atoms with van der Waals surface area (Å²) in [6.07, 6.45) is 15.4. The van der Waals surface area contributed by atoms with Crippen LogP contribution in [0.4, 0.5) is 11.4 Å². The van der Waals surface area contributed by atoms with E-state index in [4.69, 9.17) is 4.74 Å². The molecule has 0 spiro atoms. The third kappa shape index (κ3) is 5.46. The number of nitrogens with zero attached hydrogens (tertiary/aromatic N) is 1. The van der Waals surface area contributed by atoms with E-state index in [1.54, 1.807) is 0 Å². The predicted octanol–water partition coefficient (Wildman–Crippen LogP) is 12.4. The summed E-state index contributed by atoms with van der Waals surface area (Å²) in [4.78, 5) is 2.39. The summed E-state index contributed by atoms with van der Waals surface area (Å²) in [6.45, 7) is 6.71. The number of anilines is 2. The molecule has 0 bridgehead atoms. The molecule has 1 atom stereocenters. The van der Waals surface area contributed by atoms with E-state index in [1.165, 1.54) is 33.4 Å². The third-order valence-corrected chi connectivity index (χ3v) is 9.45. The monoisotopic (exact) mass is 619 g/mol. The van der Waals surface area contributed by atoms with E-state index in [9.17, 15) is 0 Å². The molecule has 232 valence electrons. The molecule has 0 fully saturated rings. The molecule has 1 heterocycles. The van der Waals surface area contributed by atoms with Crippen molar-refractivity contribution >= 4 is 16.9 Å². The number of benzene rings is 5. The Morgan fingerprint density at radius 3 is 2.23 bits per heavy atom. The summed E-state index contributed by atoms with van der Waals surface area (Å²) in [5.74, 6) is 1.68. The van der Waals surface area contributed by atoms with E-state index >= 15 is 0 Å². The van der Waals surface area contributed by atoms with Gasteiger partial charge in [0.2, 0.25) is 0 Å². The lowest BCUT2D eigenvalue weighted by molar-refractivity contribution is 0.429. The second-order valence-corrected chi connectivity index (χ2v) is 12.6. The second kappa shape index (κ2) is 12.7. The van der Waals surface area contributed by atoms with Gasteiger partial charge in [-0.1, -0.05) is 141 Å². The molecule has 0 radical (unpaired) electrons. The largest absolute Gasteiger partial charge is 0.456 e. The highest BCUT2D eigenvalue weighted by molar-refractivity contribution is 5.87. The van der Waals surface area contributed by atoms with Crippen molar-refractivity contribution in [2.24, 2.45) is 0 Å². The van der Waals surface area contributed by atoms with Crippen LogP contribution in [0.3, 0.4) is 0 Å². The maximum atomic E-state index is 6.95. The average molecular weight is 620 g/mol. The van der Waals surface area contributed by atoms with E-state index in [-0.39, 0.29) is 5.92 Å². The number of ether oxygens (including phenoxy) is 1. The van der Waals surface area contributed by atoms with Gasteiger partial charge in [0, 0.05) is 33.9 Å². The van der Waals surface area contributed by atoms with Crippen LogP contribution in [0.1, 0.15) is 36.8 Å². The van der Waals surface area contributed by atoms with Gasteiger partial charge in [-0.3, -0.25) is 0 Å². The normalized spacial score (nSPS) is 16.7. The molecule has 48 heavy (non-hydrogen) atoms. The lowest BCUT2D eigenvalue weighted by Gasteiger charge is -2.33. The topological polar surface area (TPSA) is 12.5 Å². The molecule has 0 amide bonds. The van der Waals surface area contributed by atoms with Crippen molar-refractivity contribution in [1.29, 1.82) is 0 Å². The third-order valence-electron chi connectivity index (χ3n) is 9.45. The first-order valence-electron chi connectivity index (χ1n) is 16.8. The van der Waals surface area contributed by atoms with Crippen LogP contribution in [0.2, 0.25) is 0 Å². The smallest absolute Gasteiger partial charge is 0.143 e. The van der Waals surface area contributed by atoms with Gasteiger partial charge in [-0.05, 0) is 77.1 Å². The lowest BCUT2D eigenvalue weighted by atomic mass is 9.87. The Hall–Kier alpha value is -5.86. The van der Waals surface area contributed by atoms with E-state index < -0.39 is 0 Å². The minimum absolute atomic E-state index is 0.0260. The number of para-hydroxylation sites is 2. The van der Waals surface area contributed by atoms with Crippen LogP contribution in [0.5, 0.6) is 5.75 Å². The molecule has 2 heteroatoms. The summed E-state index contributed by atoms with van der Waals surface area (Å²) in [5, 5.41) is 0. The standard InChI is InChI=1S/C46H37NO/c1-32-28-29-41-43(47(38-22-10-5-11-23-38)42-26-13-12-24-39(42)35-18-8-4-9-19-35)30-33(2)45-40(25-15-27-44(45)48-46(32)41)37-21-14-20-36(31-37)34-16-6-3-7-17-34/h3-6,8-16,18-31,33H,1,7,17H2,2H3. The Morgan fingerprint density at radius 2 is 1.42 bits per heavy atom. The van der Waals surface area contributed by atoms with Gasteiger partial charge in [-0.15, -0.1) is 0 Å². The first kappa shape index (κ1) is 29.5. The molecule has 1 unspecified atom stereocenters. The Morgan fingerprint density at radius 1 is 0.708 bits per heavy atom. The fourth-order valence-electron chi connectivity index (χ4n) is 7.14. The van der Waals surface area contributed by atoms with Gasteiger partial charge >= 0.3 is 0 Å². The summed E-state index contributed by atoms with van der Waals surface area (Å²) < 4.78 is 6.95. The van der Waals surface area contributed by atoms with Crippen LogP contribution in [-0.2, 0) is 0 Å². The van der Waals surface area contributed by atoms with Crippen molar-refractivity contribution in [2.75, 3.05) is 4.90 Å². The molecular weight excluding hydrogens is 583 g/mol. The Bertz CT molecular complexity index is 2180. The van der Waals surface area contributed by atoms with Crippen molar-refractivity contribution in [3.05, 3.63) is 204 Å². The predicted molar refractivity (Wildman–Crippen MR) is 201 cm³/mol. The molecule has 8 rings (SSSR count). The summed E-state index contributed by atoms with van der Waals surface area (Å²) in [7, 11) is 0. The molecule has 1 aliphatic heterocycles. The first-order chi connectivity index (χ1) is 23.7. The van der Waals surface area contributed by atoms with Crippen molar-refractivity contribution in [3.8, 4) is 28.0 Å². The van der Waals surface area contributed by atoms with Gasteiger partial charge in [-0.25, -0.2) is 0 Å². The molecular formula is C46H37NO. The van der Waals surface area contributed by atoms with Gasteiger partial charge in [0.15, 0.2) is 0 Å². The molecule has 0 saturated heterocycles. The van der Waals surface area contributed by atoms with Crippen LogP contribution in [0, 0.1) is 0 Å². The number of rotatable bonds is 6. The Labute approximate surface area is 283 Å². The quantitative estimate of drug-likeness (QED) is 0.187. The zero-order valence-corrected chi connectivity index (χ0v) is 27.1. The molecule has 0 N–H and O–H groups in total. The number of fused-ring (bicyclic) bond motifs is 1. The summed E-state index contributed by atoms with van der Waals surface area (Å²) >= 11 is 0. The van der Waals surface area contributed by atoms with Gasteiger partial charge in [-0.2, -0.15) is 0 Å². The zero-order valence-electron chi connectivity index (χ0n) is 27.1. The summed E-state index contributed by atoms with van der Waals surface area (Å²) in [5.41, 5.74) is 13.7. The fraction of sp³-hybridized carbons (Fsp3) is 0.0870. The van der Waals surface area contributed by atoms with Gasteiger partial charge < -0.3 is 9.64 Å². The average Bonchev–Trinajstić information content (AvgIpc) is 3.50. The number of allylic oxidation sites excluding steroid dienone is 7. The highest BCUT2D eigenvalue weighted by Crippen LogP contribution is 2.47. The van der Waals surface area contributed by atoms with Crippen molar-refractivity contribution in [3.63, 3.8) is 0 Å². The number of hydrogen-bond donors (Lipinski definition) is 0. The van der Waals surface area contributed by atoms with Crippen LogP contribution >= 0.6 is 0 Å². The first-order valence-corrected chi connectivity index (χ1v) is 16.8. The van der Waals surface area contributed by atoms with Gasteiger partial charge in [0.05, 0.1) is 11.4 Å². The van der Waals surface area contributed by atoms with E-state index in [0.717, 1.165) is 58.1 Å². The van der Waals surface area contributed by atoms with Gasteiger partial charge in [0.25, 0.3) is 0 Å². The molecule has 0 saturated carbocycles. The van der Waals surface area contributed by atoms with E-state index in [1.807, 2.05) is 0 Å². The van der Waals surface area contributed by atoms with Crippen LogP contribution in [-0.4, -0.2) is 0 Å². The lowest BCUT2D eigenvalue weighted by Crippen LogP contribution is -2.21. The highest BCUT2D eigenvalue weighted by atomic mass is 16.5. The summed E-state index contributed by atoms with van der Waals surface area (Å²) in [6, 6.07) is 45.3. The van der Waals surface area contributed by atoms with Crippen molar-refractivity contribution in [1.82, 2.24) is 0 Å². The minimum Gasteiger partial charge on any atom is -0.456 e. The van der Waals surface area contributed by atoms with Crippen molar-refractivity contribution in [2.45, 2.75) is 25.7 Å². The molecule has 2 nitrogen and oxygen atoms in total. The molecule has 0 aromatic heterocycles. The fourth-order valence-corrected chi connectivity index (χ4v) is 7.14. The van der Waals surface area contributed by atoms with Crippen LogP contribution < -0.4 is 9.64 Å². The van der Waals surface area contributed by atoms with E-state index in [0.29, 0.717) is 0 Å². The minimum atomic E-state index is 0.0260. The second-order valence-electron chi connectivity index (χ2n) is 12.6. The SMILES string of the molecule is C=C1C=CC2=C1Oc1cccc(-c3cccc(C4=CC=CCC4)c3)c1C(C)C=C2N(c1ccccc1)c1ccccc1-c1ccccc1. The molecule has 2 aliphatic carbocycles. The van der Waals surface area contributed by atoms with Gasteiger partial charge in [0.1, 0.15) is 11.5 Å². The van der Waals surface area contributed by atoms with Crippen LogP contribution in [0.15, 0.2) is 193 Å². The Kier molecular flexibility index (Phi) is 7.84. The molecule has 3 aliphatic rings. The van der Waals surface area contributed by atoms with Crippen molar-refractivity contribution < 1.29 is 4.74 Å². The molecule has 5 aromatic carbocycles. The van der Waals surface area contributed by atoms with Crippen LogP contribution in [0.25, 0.3) is 27.8 Å². The Balaban J connectivity index is 1.34. The number of hydrogen-bond acceptors (Lipinski definition) is 2. The van der Waals surface area contributed by atoms with E-state index in [2.05, 4.69) is 182 Å². The zero-order chi connectivity index (χ0) is 32.5.